The van der Waals surface area contributed by atoms with Crippen molar-refractivity contribution in [2.75, 3.05) is 7.05 Å². The summed E-state index contributed by atoms with van der Waals surface area (Å²) in [5, 5.41) is 1.10. The number of nitrogens with zero attached hydrogens (tertiary/aromatic N) is 1. The first kappa shape index (κ1) is 15.4. The lowest BCUT2D eigenvalue weighted by Gasteiger charge is -2.14. The number of carbonyl (C=O) groups is 1. The Kier molecular flexibility index (Phi) is 5.27. The molecule has 0 saturated heterocycles. The van der Waals surface area contributed by atoms with E-state index in [1.807, 2.05) is 30.3 Å². The van der Waals surface area contributed by atoms with Crippen molar-refractivity contribution in [2.45, 2.75) is 6.54 Å². The maximum atomic E-state index is 12.0. The van der Waals surface area contributed by atoms with Gasteiger partial charge in [-0.3, -0.25) is 4.79 Å². The van der Waals surface area contributed by atoms with Crippen molar-refractivity contribution in [3.05, 3.63) is 69.7 Å². The molecule has 0 aliphatic heterocycles. The van der Waals surface area contributed by atoms with Gasteiger partial charge in [-0.05, 0) is 35.9 Å². The van der Waals surface area contributed by atoms with Crippen LogP contribution in [0.3, 0.4) is 0 Å². The topological polar surface area (TPSA) is 20.3 Å². The molecular weight excluding hydrogens is 305 g/mol. The monoisotopic (exact) mass is 317 g/mol. The fourth-order valence-corrected chi connectivity index (χ4v) is 2.36. The van der Waals surface area contributed by atoms with Crippen LogP contribution in [-0.2, 0) is 11.3 Å². The summed E-state index contributed by atoms with van der Waals surface area (Å²) < 4.78 is 0. The van der Waals surface area contributed by atoms with E-state index in [2.05, 4.69) is 11.8 Å². The standard InChI is InChI=1S/C17H13Cl2NO/c1-20(12-14-9-15(18)11-16(19)10-14)17(21)8-7-13-5-3-2-4-6-13/h2-6,9-11H,12H2,1H3. The number of hydrogen-bond acceptors (Lipinski definition) is 1. The second kappa shape index (κ2) is 7.17. The van der Waals surface area contributed by atoms with E-state index < -0.39 is 0 Å². The van der Waals surface area contributed by atoms with Gasteiger partial charge in [0.1, 0.15) is 0 Å². The average Bonchev–Trinajstić information content (AvgIpc) is 2.44. The Morgan fingerprint density at radius 1 is 1.10 bits per heavy atom. The van der Waals surface area contributed by atoms with Gasteiger partial charge in [0, 0.05) is 35.1 Å². The van der Waals surface area contributed by atoms with Crippen molar-refractivity contribution in [3.8, 4) is 11.8 Å². The zero-order chi connectivity index (χ0) is 15.2. The maximum absolute atomic E-state index is 12.0. The molecule has 2 nitrogen and oxygen atoms in total. The largest absolute Gasteiger partial charge is 0.331 e. The summed E-state index contributed by atoms with van der Waals surface area (Å²) in [6.45, 7) is 0.405. The van der Waals surface area contributed by atoms with Crippen molar-refractivity contribution < 1.29 is 4.79 Å². The molecule has 1 amide bonds. The van der Waals surface area contributed by atoms with E-state index >= 15 is 0 Å². The Bertz CT molecular complexity index is 681. The molecule has 0 aliphatic rings. The van der Waals surface area contributed by atoms with Gasteiger partial charge < -0.3 is 4.90 Å². The maximum Gasteiger partial charge on any atom is 0.298 e. The zero-order valence-corrected chi connectivity index (χ0v) is 12.9. The highest BCUT2D eigenvalue weighted by Gasteiger charge is 2.07. The van der Waals surface area contributed by atoms with Crippen LogP contribution in [0, 0.1) is 11.8 Å². The molecule has 2 rings (SSSR count). The minimum atomic E-state index is -0.255. The summed E-state index contributed by atoms with van der Waals surface area (Å²) in [5.74, 6) is 5.21. The normalized spacial score (nSPS) is 9.67. The summed E-state index contributed by atoms with van der Waals surface area (Å²) in [7, 11) is 1.69. The Morgan fingerprint density at radius 3 is 2.33 bits per heavy atom. The van der Waals surface area contributed by atoms with E-state index in [-0.39, 0.29) is 5.91 Å². The van der Waals surface area contributed by atoms with Crippen molar-refractivity contribution in [2.24, 2.45) is 0 Å². The molecule has 0 radical (unpaired) electrons. The van der Waals surface area contributed by atoms with Gasteiger partial charge in [-0.1, -0.05) is 47.3 Å². The van der Waals surface area contributed by atoms with Gasteiger partial charge in [-0.25, -0.2) is 0 Å². The van der Waals surface area contributed by atoms with E-state index in [9.17, 15) is 4.79 Å². The van der Waals surface area contributed by atoms with Crippen LogP contribution < -0.4 is 0 Å². The third kappa shape index (κ3) is 4.82. The lowest BCUT2D eigenvalue weighted by atomic mass is 10.2. The Hall–Kier alpha value is -1.95. The number of hydrogen-bond donors (Lipinski definition) is 0. The quantitative estimate of drug-likeness (QED) is 0.766. The first-order chi connectivity index (χ1) is 10.0. The number of halogens is 2. The fourth-order valence-electron chi connectivity index (χ4n) is 1.79. The summed E-state index contributed by atoms with van der Waals surface area (Å²) in [6, 6.07) is 14.6. The van der Waals surface area contributed by atoms with Crippen molar-refractivity contribution in [3.63, 3.8) is 0 Å². The SMILES string of the molecule is CN(Cc1cc(Cl)cc(Cl)c1)C(=O)C#Cc1ccccc1. The number of amides is 1. The Labute approximate surface area is 134 Å². The summed E-state index contributed by atoms with van der Waals surface area (Å²) in [4.78, 5) is 13.5. The molecular formula is C17H13Cl2NO. The molecule has 0 N–H and O–H groups in total. The van der Waals surface area contributed by atoms with Crippen LogP contribution in [0.5, 0.6) is 0 Å². The second-order valence-electron chi connectivity index (χ2n) is 4.55. The lowest BCUT2D eigenvalue weighted by Crippen LogP contribution is -2.24. The molecule has 2 aromatic carbocycles. The third-order valence-corrected chi connectivity index (χ3v) is 3.21. The molecule has 4 heteroatoms. The average molecular weight is 318 g/mol. The Balaban J connectivity index is 2.05. The smallest absolute Gasteiger partial charge is 0.298 e. The van der Waals surface area contributed by atoms with E-state index in [1.54, 1.807) is 25.2 Å². The molecule has 106 valence electrons. The van der Waals surface area contributed by atoms with Crippen molar-refractivity contribution in [1.29, 1.82) is 0 Å². The van der Waals surface area contributed by atoms with E-state index in [4.69, 9.17) is 23.2 Å². The third-order valence-electron chi connectivity index (χ3n) is 2.78. The number of carbonyl (C=O) groups excluding carboxylic acids is 1. The highest BCUT2D eigenvalue weighted by molar-refractivity contribution is 6.34. The van der Waals surface area contributed by atoms with E-state index in [0.717, 1.165) is 11.1 Å². The van der Waals surface area contributed by atoms with Gasteiger partial charge >= 0.3 is 0 Å². The van der Waals surface area contributed by atoms with Gasteiger partial charge in [0.25, 0.3) is 5.91 Å². The molecule has 0 unspecified atom stereocenters. The predicted octanol–water partition coefficient (Wildman–Crippen LogP) is 4.00. The fraction of sp³-hybridized carbons (Fsp3) is 0.118. The number of benzene rings is 2. The van der Waals surface area contributed by atoms with Crippen LogP contribution in [0.25, 0.3) is 0 Å². The lowest BCUT2D eigenvalue weighted by molar-refractivity contribution is -0.124. The first-order valence-corrected chi connectivity index (χ1v) is 7.07. The summed E-state index contributed by atoms with van der Waals surface area (Å²) in [5.41, 5.74) is 1.68. The van der Waals surface area contributed by atoms with Crippen LogP contribution in [0.15, 0.2) is 48.5 Å². The molecule has 0 aromatic heterocycles. The molecule has 0 saturated carbocycles. The minimum Gasteiger partial charge on any atom is -0.331 e. The van der Waals surface area contributed by atoms with Gasteiger partial charge in [0.15, 0.2) is 0 Å². The molecule has 21 heavy (non-hydrogen) atoms. The zero-order valence-electron chi connectivity index (χ0n) is 11.4. The van der Waals surface area contributed by atoms with Crippen molar-refractivity contribution >= 4 is 29.1 Å². The van der Waals surface area contributed by atoms with Crippen LogP contribution in [-0.4, -0.2) is 17.9 Å². The second-order valence-corrected chi connectivity index (χ2v) is 5.43. The van der Waals surface area contributed by atoms with Gasteiger partial charge in [0.2, 0.25) is 0 Å². The van der Waals surface area contributed by atoms with Gasteiger partial charge in [-0.15, -0.1) is 0 Å². The van der Waals surface area contributed by atoms with Crippen LogP contribution >= 0.6 is 23.2 Å². The van der Waals surface area contributed by atoms with Gasteiger partial charge in [0.05, 0.1) is 0 Å². The van der Waals surface area contributed by atoms with E-state index in [1.165, 1.54) is 4.90 Å². The molecule has 0 spiro atoms. The molecule has 0 fully saturated rings. The van der Waals surface area contributed by atoms with Gasteiger partial charge in [-0.2, -0.15) is 0 Å². The minimum absolute atomic E-state index is 0.255. The molecule has 0 bridgehead atoms. The first-order valence-electron chi connectivity index (χ1n) is 6.32. The summed E-state index contributed by atoms with van der Waals surface area (Å²) in [6.07, 6.45) is 0. The molecule has 0 heterocycles. The van der Waals surface area contributed by atoms with Crippen LogP contribution in [0.2, 0.25) is 10.0 Å². The highest BCUT2D eigenvalue weighted by atomic mass is 35.5. The van der Waals surface area contributed by atoms with E-state index in [0.29, 0.717) is 16.6 Å². The predicted molar refractivity (Wildman–Crippen MR) is 86.3 cm³/mol. The number of rotatable bonds is 2. The molecule has 0 atom stereocenters. The Morgan fingerprint density at radius 2 is 1.71 bits per heavy atom. The molecule has 2 aromatic rings. The molecule has 0 aliphatic carbocycles. The highest BCUT2D eigenvalue weighted by Crippen LogP contribution is 2.19. The summed E-state index contributed by atoms with van der Waals surface area (Å²) >= 11 is 11.9. The van der Waals surface area contributed by atoms with Crippen LogP contribution in [0.1, 0.15) is 11.1 Å². The van der Waals surface area contributed by atoms with Crippen molar-refractivity contribution in [1.82, 2.24) is 4.90 Å². The van der Waals surface area contributed by atoms with Crippen LogP contribution in [0.4, 0.5) is 0 Å².